The van der Waals surface area contributed by atoms with Crippen LogP contribution in [-0.2, 0) is 4.79 Å². The molecule has 2 heteroatoms. The fourth-order valence-corrected chi connectivity index (χ4v) is 2.92. The van der Waals surface area contributed by atoms with Crippen molar-refractivity contribution in [1.82, 2.24) is 0 Å². The molecule has 128 valence electrons. The van der Waals surface area contributed by atoms with Crippen LogP contribution < -0.4 is 0 Å². The first-order valence-corrected chi connectivity index (χ1v) is 9.15. The highest BCUT2D eigenvalue weighted by Gasteiger charge is 2.35. The number of aliphatic carboxylic acids is 1. The Morgan fingerprint density at radius 2 is 1.59 bits per heavy atom. The van der Waals surface area contributed by atoms with Gasteiger partial charge in [-0.25, -0.2) is 0 Å². The fraction of sp³-hybridized carbons (Fsp3) is 0.850. The smallest absolute Gasteiger partial charge is 0.309 e. The van der Waals surface area contributed by atoms with Gasteiger partial charge in [0.2, 0.25) is 0 Å². The lowest BCUT2D eigenvalue weighted by Gasteiger charge is -2.18. The maximum Gasteiger partial charge on any atom is 0.309 e. The van der Waals surface area contributed by atoms with Crippen LogP contribution in [0.15, 0.2) is 12.2 Å². The molecular formula is C20H36O2. The first-order chi connectivity index (χ1) is 10.3. The van der Waals surface area contributed by atoms with E-state index >= 15 is 0 Å². The molecule has 0 heterocycles. The van der Waals surface area contributed by atoms with Gasteiger partial charge >= 0.3 is 5.97 Å². The summed E-state index contributed by atoms with van der Waals surface area (Å²) < 4.78 is 0. The van der Waals surface area contributed by atoms with Crippen LogP contribution in [0.3, 0.4) is 0 Å². The summed E-state index contributed by atoms with van der Waals surface area (Å²) >= 11 is 0. The second-order valence-electron chi connectivity index (χ2n) is 8.37. The average Bonchev–Trinajstić information content (AvgIpc) is 3.15. The molecule has 1 aliphatic rings. The topological polar surface area (TPSA) is 37.3 Å². The van der Waals surface area contributed by atoms with E-state index in [1.807, 2.05) is 13.8 Å². The number of carbonyl (C=O) groups is 1. The van der Waals surface area contributed by atoms with E-state index in [-0.39, 0.29) is 0 Å². The summed E-state index contributed by atoms with van der Waals surface area (Å²) in [5.74, 6) is -0.683. The number of unbranched alkanes of at least 4 members (excludes halogenated alkanes) is 4. The van der Waals surface area contributed by atoms with Crippen molar-refractivity contribution in [3.8, 4) is 0 Å². The average molecular weight is 309 g/mol. The van der Waals surface area contributed by atoms with Crippen molar-refractivity contribution in [2.45, 2.75) is 97.8 Å². The van der Waals surface area contributed by atoms with Crippen LogP contribution >= 0.6 is 0 Å². The standard InChI is InChI=1S/C20H36O2/c1-17(12-8-6-10-14-20(4)15-16-20)11-7-5-9-13-19(2,3)18(21)22/h1,5-16H2,2-4H3,(H,21,22). The summed E-state index contributed by atoms with van der Waals surface area (Å²) in [5.41, 5.74) is 1.52. The Morgan fingerprint density at radius 1 is 1.05 bits per heavy atom. The van der Waals surface area contributed by atoms with Crippen LogP contribution in [-0.4, -0.2) is 11.1 Å². The summed E-state index contributed by atoms with van der Waals surface area (Å²) in [5, 5.41) is 9.07. The largest absolute Gasteiger partial charge is 0.481 e. The molecule has 0 radical (unpaired) electrons. The van der Waals surface area contributed by atoms with Gasteiger partial charge in [0, 0.05) is 0 Å². The third kappa shape index (κ3) is 8.00. The molecule has 0 aliphatic heterocycles. The predicted octanol–water partition coefficient (Wildman–Crippen LogP) is 6.35. The van der Waals surface area contributed by atoms with Crippen LogP contribution in [0.5, 0.6) is 0 Å². The Kier molecular flexibility index (Phi) is 7.65. The monoisotopic (exact) mass is 308 g/mol. The van der Waals surface area contributed by atoms with E-state index < -0.39 is 11.4 Å². The fourth-order valence-electron chi connectivity index (χ4n) is 2.92. The zero-order valence-electron chi connectivity index (χ0n) is 15.0. The third-order valence-corrected chi connectivity index (χ3v) is 5.33. The first-order valence-electron chi connectivity index (χ1n) is 9.15. The van der Waals surface area contributed by atoms with Gasteiger partial charge in [-0.2, -0.15) is 0 Å². The van der Waals surface area contributed by atoms with Crippen molar-refractivity contribution in [3.05, 3.63) is 12.2 Å². The Bertz CT molecular complexity index is 364. The molecule has 22 heavy (non-hydrogen) atoms. The number of hydrogen-bond acceptors (Lipinski definition) is 1. The minimum atomic E-state index is -0.683. The maximum atomic E-state index is 11.0. The quantitative estimate of drug-likeness (QED) is 0.318. The number of rotatable bonds is 13. The lowest BCUT2D eigenvalue weighted by Crippen LogP contribution is -2.23. The molecule has 1 aliphatic carbocycles. The molecule has 0 atom stereocenters. The second-order valence-corrected chi connectivity index (χ2v) is 8.37. The van der Waals surface area contributed by atoms with Gasteiger partial charge in [0.05, 0.1) is 5.41 Å². The van der Waals surface area contributed by atoms with Gasteiger partial charge in [-0.1, -0.05) is 44.8 Å². The predicted molar refractivity (Wildman–Crippen MR) is 94.1 cm³/mol. The SMILES string of the molecule is C=C(CCCCCC1(C)CC1)CCCCCC(C)(C)C(=O)O. The van der Waals surface area contributed by atoms with E-state index in [9.17, 15) is 4.79 Å². The molecule has 0 saturated heterocycles. The summed E-state index contributed by atoms with van der Waals surface area (Å²) in [6, 6.07) is 0. The van der Waals surface area contributed by atoms with Crippen molar-refractivity contribution in [3.63, 3.8) is 0 Å². The van der Waals surface area contributed by atoms with Crippen molar-refractivity contribution >= 4 is 5.97 Å². The molecule has 2 nitrogen and oxygen atoms in total. The van der Waals surface area contributed by atoms with Gasteiger partial charge in [-0.3, -0.25) is 4.79 Å². The van der Waals surface area contributed by atoms with E-state index in [1.54, 1.807) is 0 Å². The van der Waals surface area contributed by atoms with E-state index in [1.165, 1.54) is 50.5 Å². The lowest BCUT2D eigenvalue weighted by atomic mass is 9.87. The second kappa shape index (κ2) is 8.74. The van der Waals surface area contributed by atoms with Crippen molar-refractivity contribution < 1.29 is 9.90 Å². The highest BCUT2D eigenvalue weighted by atomic mass is 16.4. The summed E-state index contributed by atoms with van der Waals surface area (Å²) in [6.45, 7) is 10.2. The van der Waals surface area contributed by atoms with Gasteiger partial charge in [0.25, 0.3) is 0 Å². The van der Waals surface area contributed by atoms with Crippen LogP contribution in [0.25, 0.3) is 0 Å². The van der Waals surface area contributed by atoms with E-state index in [4.69, 9.17) is 5.11 Å². The Morgan fingerprint density at radius 3 is 2.09 bits per heavy atom. The lowest BCUT2D eigenvalue weighted by molar-refractivity contribution is -0.147. The number of carboxylic acid groups (broad SMARTS) is 1. The Hall–Kier alpha value is -0.790. The Labute approximate surface area is 137 Å². The number of hydrogen-bond donors (Lipinski definition) is 1. The number of allylic oxidation sites excluding steroid dienone is 1. The van der Waals surface area contributed by atoms with Crippen LogP contribution in [0.2, 0.25) is 0 Å². The highest BCUT2D eigenvalue weighted by Crippen LogP contribution is 2.49. The van der Waals surface area contributed by atoms with Crippen molar-refractivity contribution in [2.75, 3.05) is 0 Å². The van der Waals surface area contributed by atoms with Crippen LogP contribution in [0.4, 0.5) is 0 Å². The van der Waals surface area contributed by atoms with E-state index in [2.05, 4.69) is 13.5 Å². The molecule has 0 unspecified atom stereocenters. The molecule has 1 saturated carbocycles. The van der Waals surface area contributed by atoms with Gasteiger partial charge < -0.3 is 5.11 Å². The molecule has 0 aromatic carbocycles. The Balaban J connectivity index is 1.91. The van der Waals surface area contributed by atoms with Crippen LogP contribution in [0.1, 0.15) is 97.8 Å². The van der Waals surface area contributed by atoms with Crippen molar-refractivity contribution in [1.29, 1.82) is 0 Å². The van der Waals surface area contributed by atoms with Gasteiger partial charge in [-0.05, 0) is 70.6 Å². The van der Waals surface area contributed by atoms with E-state index in [0.29, 0.717) is 5.41 Å². The molecule has 0 amide bonds. The van der Waals surface area contributed by atoms with Gasteiger partial charge in [0.1, 0.15) is 0 Å². The summed E-state index contributed by atoms with van der Waals surface area (Å²) in [7, 11) is 0. The van der Waals surface area contributed by atoms with Gasteiger partial charge in [-0.15, -0.1) is 0 Å². The third-order valence-electron chi connectivity index (χ3n) is 5.33. The minimum absolute atomic E-state index is 0.574. The van der Waals surface area contributed by atoms with Gasteiger partial charge in [0.15, 0.2) is 0 Å². The molecule has 1 N–H and O–H groups in total. The molecule has 0 spiro atoms. The van der Waals surface area contributed by atoms with Crippen molar-refractivity contribution in [2.24, 2.45) is 10.8 Å². The van der Waals surface area contributed by atoms with E-state index in [0.717, 1.165) is 32.1 Å². The maximum absolute atomic E-state index is 11.0. The minimum Gasteiger partial charge on any atom is -0.481 e. The molecule has 0 aromatic heterocycles. The normalized spacial score (nSPS) is 16.5. The molecule has 0 aromatic rings. The zero-order valence-corrected chi connectivity index (χ0v) is 15.0. The summed E-state index contributed by atoms with van der Waals surface area (Å²) in [4.78, 5) is 11.0. The number of carboxylic acids is 1. The molecule has 1 rings (SSSR count). The zero-order chi connectivity index (χ0) is 16.6. The molecular weight excluding hydrogens is 272 g/mol. The molecule has 1 fully saturated rings. The summed E-state index contributed by atoms with van der Waals surface area (Å²) in [6.07, 6.45) is 14.7. The molecule has 0 bridgehead atoms. The van der Waals surface area contributed by atoms with Crippen LogP contribution in [0, 0.1) is 10.8 Å². The first kappa shape index (κ1) is 19.3. The highest BCUT2D eigenvalue weighted by molar-refractivity contribution is 5.73.